The van der Waals surface area contributed by atoms with E-state index in [9.17, 15) is 13.2 Å². The Morgan fingerprint density at radius 2 is 1.72 bits per heavy atom. The topological polar surface area (TPSA) is 69.7 Å². The molecule has 0 aliphatic carbocycles. The van der Waals surface area contributed by atoms with Crippen LogP contribution < -0.4 is 5.32 Å². The van der Waals surface area contributed by atoms with Gasteiger partial charge in [-0.05, 0) is 31.4 Å². The Hall–Kier alpha value is -1.44. The number of carbonyl (C=O) groups excluding carboxylic acids is 1. The van der Waals surface area contributed by atoms with E-state index >= 15 is 0 Å². The molecule has 0 spiro atoms. The van der Waals surface area contributed by atoms with Gasteiger partial charge in [0.1, 0.15) is 0 Å². The summed E-state index contributed by atoms with van der Waals surface area (Å²) in [7, 11) is -3.15. The highest BCUT2D eigenvalue weighted by Gasteiger charge is 2.27. The number of nitrogens with one attached hydrogen (secondary N) is 1. The predicted molar refractivity (Wildman–Crippen MR) is 101 cm³/mol. The van der Waals surface area contributed by atoms with Crippen molar-refractivity contribution in [3.63, 3.8) is 0 Å². The van der Waals surface area contributed by atoms with Gasteiger partial charge in [0.05, 0.1) is 12.3 Å². The number of aryl methyl sites for hydroxylation is 2. The Bertz CT molecular complexity index is 675. The summed E-state index contributed by atoms with van der Waals surface area (Å²) in [6, 6.07) is 5.92. The zero-order chi connectivity index (χ0) is 18.4. The smallest absolute Gasteiger partial charge is 0.238 e. The SMILES string of the molecule is CCCCS(=O)(=O)N1CCN(CC(=O)Nc2c(C)cccc2C)CC1. The molecule has 1 amide bonds. The lowest BCUT2D eigenvalue weighted by Crippen LogP contribution is -2.50. The third-order valence-corrected chi connectivity index (χ3v) is 6.55. The monoisotopic (exact) mass is 367 g/mol. The van der Waals surface area contributed by atoms with Gasteiger partial charge in [0, 0.05) is 31.9 Å². The molecule has 1 fully saturated rings. The Morgan fingerprint density at radius 3 is 2.28 bits per heavy atom. The van der Waals surface area contributed by atoms with Crippen molar-refractivity contribution in [1.29, 1.82) is 0 Å². The molecule has 0 unspecified atom stereocenters. The van der Waals surface area contributed by atoms with E-state index in [1.165, 1.54) is 0 Å². The molecule has 2 rings (SSSR count). The summed E-state index contributed by atoms with van der Waals surface area (Å²) >= 11 is 0. The number of hydrogen-bond donors (Lipinski definition) is 1. The van der Waals surface area contributed by atoms with E-state index < -0.39 is 10.0 Å². The number of hydrogen-bond acceptors (Lipinski definition) is 4. The quantitative estimate of drug-likeness (QED) is 0.800. The Balaban J connectivity index is 1.85. The van der Waals surface area contributed by atoms with Crippen molar-refractivity contribution < 1.29 is 13.2 Å². The molecule has 0 atom stereocenters. The van der Waals surface area contributed by atoms with Gasteiger partial charge in [-0.3, -0.25) is 9.69 Å². The summed E-state index contributed by atoms with van der Waals surface area (Å²) in [6.07, 6.45) is 1.57. The van der Waals surface area contributed by atoms with Crippen LogP contribution in [-0.4, -0.2) is 62.0 Å². The molecular formula is C18H29N3O3S. The minimum atomic E-state index is -3.15. The Kier molecular flexibility index (Phi) is 6.98. The fraction of sp³-hybridized carbons (Fsp3) is 0.611. The maximum absolute atomic E-state index is 12.3. The zero-order valence-electron chi connectivity index (χ0n) is 15.4. The van der Waals surface area contributed by atoms with Gasteiger partial charge in [-0.15, -0.1) is 0 Å². The van der Waals surface area contributed by atoms with Gasteiger partial charge in [-0.2, -0.15) is 4.31 Å². The van der Waals surface area contributed by atoms with E-state index in [1.54, 1.807) is 4.31 Å². The first-order valence-corrected chi connectivity index (χ1v) is 10.5. The fourth-order valence-electron chi connectivity index (χ4n) is 3.02. The Morgan fingerprint density at radius 1 is 1.12 bits per heavy atom. The fourth-order valence-corrected chi connectivity index (χ4v) is 4.65. The Labute approximate surface area is 151 Å². The second-order valence-electron chi connectivity index (χ2n) is 6.66. The molecule has 0 radical (unpaired) electrons. The van der Waals surface area contributed by atoms with Crippen LogP contribution in [0, 0.1) is 13.8 Å². The second kappa shape index (κ2) is 8.78. The third kappa shape index (κ3) is 5.52. The van der Waals surface area contributed by atoms with Gasteiger partial charge < -0.3 is 5.32 Å². The third-order valence-electron chi connectivity index (χ3n) is 4.59. The molecule has 6 nitrogen and oxygen atoms in total. The van der Waals surface area contributed by atoms with Gasteiger partial charge in [-0.1, -0.05) is 31.5 Å². The van der Waals surface area contributed by atoms with Crippen LogP contribution in [-0.2, 0) is 14.8 Å². The molecule has 1 saturated heterocycles. The van der Waals surface area contributed by atoms with E-state index in [1.807, 2.05) is 43.9 Å². The highest BCUT2D eigenvalue weighted by atomic mass is 32.2. The number of anilines is 1. The van der Waals surface area contributed by atoms with Crippen LogP contribution >= 0.6 is 0 Å². The minimum Gasteiger partial charge on any atom is -0.324 e. The van der Waals surface area contributed by atoms with E-state index in [0.29, 0.717) is 32.6 Å². The molecule has 0 bridgehead atoms. The number of benzene rings is 1. The first-order valence-electron chi connectivity index (χ1n) is 8.89. The van der Waals surface area contributed by atoms with Gasteiger partial charge >= 0.3 is 0 Å². The number of nitrogens with zero attached hydrogens (tertiary/aromatic N) is 2. The number of carbonyl (C=O) groups is 1. The van der Waals surface area contributed by atoms with Crippen molar-refractivity contribution in [1.82, 2.24) is 9.21 Å². The summed E-state index contributed by atoms with van der Waals surface area (Å²) in [4.78, 5) is 14.3. The molecule has 0 aromatic heterocycles. The molecule has 1 aliphatic rings. The van der Waals surface area contributed by atoms with Crippen molar-refractivity contribution in [3.8, 4) is 0 Å². The van der Waals surface area contributed by atoms with Crippen LogP contribution in [0.3, 0.4) is 0 Å². The second-order valence-corrected chi connectivity index (χ2v) is 8.75. The number of para-hydroxylation sites is 1. The van der Waals surface area contributed by atoms with Gasteiger partial charge in [0.15, 0.2) is 0 Å². The molecule has 140 valence electrons. The van der Waals surface area contributed by atoms with Crippen LogP contribution in [0.2, 0.25) is 0 Å². The van der Waals surface area contributed by atoms with Crippen molar-refractivity contribution >= 4 is 21.6 Å². The zero-order valence-corrected chi connectivity index (χ0v) is 16.2. The molecule has 1 N–H and O–H groups in total. The van der Waals surface area contributed by atoms with Crippen molar-refractivity contribution in [2.75, 3.05) is 43.8 Å². The van der Waals surface area contributed by atoms with Crippen molar-refractivity contribution in [2.24, 2.45) is 0 Å². The molecule has 1 aromatic carbocycles. The average Bonchev–Trinajstić information content (AvgIpc) is 2.57. The lowest BCUT2D eigenvalue weighted by atomic mass is 10.1. The number of sulfonamides is 1. The summed E-state index contributed by atoms with van der Waals surface area (Å²) < 4.78 is 26.0. The van der Waals surface area contributed by atoms with Crippen LogP contribution in [0.4, 0.5) is 5.69 Å². The van der Waals surface area contributed by atoms with Crippen molar-refractivity contribution in [3.05, 3.63) is 29.3 Å². The van der Waals surface area contributed by atoms with Crippen LogP contribution in [0.15, 0.2) is 18.2 Å². The average molecular weight is 368 g/mol. The molecule has 1 heterocycles. The summed E-state index contributed by atoms with van der Waals surface area (Å²) in [6.45, 7) is 8.33. The molecule has 1 aliphatic heterocycles. The number of rotatable bonds is 7. The highest BCUT2D eigenvalue weighted by molar-refractivity contribution is 7.89. The van der Waals surface area contributed by atoms with Crippen LogP contribution in [0.1, 0.15) is 30.9 Å². The molecule has 7 heteroatoms. The standard InChI is InChI=1S/C18H29N3O3S/c1-4-5-13-25(23,24)21-11-9-20(10-12-21)14-17(22)19-18-15(2)7-6-8-16(18)3/h6-8H,4-5,9-14H2,1-3H3,(H,19,22). The lowest BCUT2D eigenvalue weighted by Gasteiger charge is -2.33. The van der Waals surface area contributed by atoms with E-state index in [-0.39, 0.29) is 18.2 Å². The molecule has 0 saturated carbocycles. The molecular weight excluding hydrogens is 338 g/mol. The summed E-state index contributed by atoms with van der Waals surface area (Å²) in [5, 5.41) is 2.98. The summed E-state index contributed by atoms with van der Waals surface area (Å²) in [5.74, 6) is 0.163. The maximum Gasteiger partial charge on any atom is 0.238 e. The van der Waals surface area contributed by atoms with Gasteiger partial charge in [-0.25, -0.2) is 8.42 Å². The first-order chi connectivity index (χ1) is 11.8. The normalized spacial score (nSPS) is 16.8. The van der Waals surface area contributed by atoms with Crippen LogP contribution in [0.25, 0.3) is 0 Å². The summed E-state index contributed by atoms with van der Waals surface area (Å²) in [5.41, 5.74) is 2.95. The first kappa shape index (κ1) is 19.9. The van der Waals surface area contributed by atoms with E-state index in [0.717, 1.165) is 23.2 Å². The molecule has 25 heavy (non-hydrogen) atoms. The number of piperazine rings is 1. The number of amides is 1. The van der Waals surface area contributed by atoms with Gasteiger partial charge in [0.25, 0.3) is 0 Å². The highest BCUT2D eigenvalue weighted by Crippen LogP contribution is 2.19. The molecule has 1 aromatic rings. The maximum atomic E-state index is 12.3. The predicted octanol–water partition coefficient (Wildman–Crippen LogP) is 1.99. The van der Waals surface area contributed by atoms with E-state index in [4.69, 9.17) is 0 Å². The minimum absolute atomic E-state index is 0.0558. The largest absolute Gasteiger partial charge is 0.324 e. The number of unbranched alkanes of at least 4 members (excludes halogenated alkanes) is 1. The van der Waals surface area contributed by atoms with Crippen molar-refractivity contribution in [2.45, 2.75) is 33.6 Å². The van der Waals surface area contributed by atoms with E-state index in [2.05, 4.69) is 5.32 Å². The van der Waals surface area contributed by atoms with Gasteiger partial charge in [0.2, 0.25) is 15.9 Å². The van der Waals surface area contributed by atoms with Crippen LogP contribution in [0.5, 0.6) is 0 Å². The lowest BCUT2D eigenvalue weighted by molar-refractivity contribution is -0.117.